The van der Waals surface area contributed by atoms with Gasteiger partial charge in [-0.15, -0.1) is 0 Å². The first kappa shape index (κ1) is 17.2. The molecule has 3 nitrogen and oxygen atoms in total. The van der Waals surface area contributed by atoms with E-state index in [0.29, 0.717) is 6.61 Å². The van der Waals surface area contributed by atoms with Crippen LogP contribution in [0, 0.1) is 13.8 Å². The summed E-state index contributed by atoms with van der Waals surface area (Å²) in [5.41, 5.74) is 3.63. The molecule has 0 aromatic heterocycles. The first-order chi connectivity index (χ1) is 11.2. The average Bonchev–Trinajstić information content (AvgIpc) is 2.56. The number of nitrogens with one attached hydrogen (secondary N) is 1. The molecule has 0 saturated carbocycles. The van der Waals surface area contributed by atoms with E-state index in [1.807, 2.05) is 30.3 Å². The third-order valence-electron chi connectivity index (χ3n) is 3.80. The number of ether oxygens (including phenoxy) is 2. The van der Waals surface area contributed by atoms with Crippen LogP contribution in [0.25, 0.3) is 0 Å². The lowest BCUT2D eigenvalue weighted by Crippen LogP contribution is -2.11. The highest BCUT2D eigenvalue weighted by molar-refractivity contribution is 5.46. The zero-order valence-electron chi connectivity index (χ0n) is 14.4. The van der Waals surface area contributed by atoms with Crippen LogP contribution in [0.15, 0.2) is 42.5 Å². The van der Waals surface area contributed by atoms with Crippen LogP contribution in [0.2, 0.25) is 0 Å². The van der Waals surface area contributed by atoms with Gasteiger partial charge < -0.3 is 14.8 Å². The molecule has 1 N–H and O–H groups in total. The van der Waals surface area contributed by atoms with E-state index in [0.717, 1.165) is 43.2 Å². The second-order valence-electron chi connectivity index (χ2n) is 5.75. The summed E-state index contributed by atoms with van der Waals surface area (Å²) in [4.78, 5) is 0. The van der Waals surface area contributed by atoms with E-state index in [4.69, 9.17) is 9.47 Å². The van der Waals surface area contributed by atoms with Crippen molar-refractivity contribution in [2.24, 2.45) is 0 Å². The van der Waals surface area contributed by atoms with Gasteiger partial charge in [0.2, 0.25) is 0 Å². The summed E-state index contributed by atoms with van der Waals surface area (Å²) in [6.07, 6.45) is 2.25. The van der Waals surface area contributed by atoms with Gasteiger partial charge in [-0.1, -0.05) is 19.4 Å². The standard InChI is InChI=1S/C20H27NO2/c1-4-5-13-22-19-10-7-18(8-11-19)21-12-14-23-20-9-6-16(2)17(3)15-20/h6-11,15,21H,4-5,12-14H2,1-3H3. The quantitative estimate of drug-likeness (QED) is 0.663. The molecule has 0 radical (unpaired) electrons. The fourth-order valence-electron chi connectivity index (χ4n) is 2.17. The van der Waals surface area contributed by atoms with Crippen molar-refractivity contribution in [2.45, 2.75) is 33.6 Å². The Labute approximate surface area is 139 Å². The molecule has 0 amide bonds. The lowest BCUT2D eigenvalue weighted by atomic mass is 10.1. The second-order valence-corrected chi connectivity index (χ2v) is 5.75. The molecule has 0 atom stereocenters. The maximum Gasteiger partial charge on any atom is 0.119 e. The summed E-state index contributed by atoms with van der Waals surface area (Å²) < 4.78 is 11.4. The van der Waals surface area contributed by atoms with E-state index >= 15 is 0 Å². The van der Waals surface area contributed by atoms with Gasteiger partial charge in [0.1, 0.15) is 18.1 Å². The molecule has 124 valence electrons. The predicted molar refractivity (Wildman–Crippen MR) is 96.7 cm³/mol. The second kappa shape index (κ2) is 9.09. The van der Waals surface area contributed by atoms with E-state index in [2.05, 4.69) is 38.2 Å². The lowest BCUT2D eigenvalue weighted by Gasteiger charge is -2.11. The minimum atomic E-state index is 0.636. The van der Waals surface area contributed by atoms with Crippen molar-refractivity contribution in [3.63, 3.8) is 0 Å². The summed E-state index contributed by atoms with van der Waals surface area (Å²) in [5, 5.41) is 3.35. The molecule has 3 heteroatoms. The normalized spacial score (nSPS) is 10.4. The zero-order valence-corrected chi connectivity index (χ0v) is 14.4. The van der Waals surface area contributed by atoms with E-state index in [1.165, 1.54) is 11.1 Å². The number of hydrogen-bond acceptors (Lipinski definition) is 3. The molecule has 0 saturated heterocycles. The van der Waals surface area contributed by atoms with Crippen LogP contribution in [0.1, 0.15) is 30.9 Å². The van der Waals surface area contributed by atoms with Crippen molar-refractivity contribution in [1.82, 2.24) is 0 Å². The van der Waals surface area contributed by atoms with Crippen LogP contribution >= 0.6 is 0 Å². The molecule has 0 aliphatic heterocycles. The number of anilines is 1. The fourth-order valence-corrected chi connectivity index (χ4v) is 2.17. The largest absolute Gasteiger partial charge is 0.494 e. The van der Waals surface area contributed by atoms with Crippen molar-refractivity contribution in [1.29, 1.82) is 0 Å². The number of unbranched alkanes of at least 4 members (excludes halogenated alkanes) is 1. The molecular weight excluding hydrogens is 286 g/mol. The third kappa shape index (κ3) is 5.85. The van der Waals surface area contributed by atoms with E-state index in [1.54, 1.807) is 0 Å². The van der Waals surface area contributed by atoms with Crippen molar-refractivity contribution in [2.75, 3.05) is 25.1 Å². The van der Waals surface area contributed by atoms with Gasteiger partial charge in [0.15, 0.2) is 0 Å². The number of hydrogen-bond donors (Lipinski definition) is 1. The Balaban J connectivity index is 1.70. The highest BCUT2D eigenvalue weighted by atomic mass is 16.5. The fraction of sp³-hybridized carbons (Fsp3) is 0.400. The van der Waals surface area contributed by atoms with Crippen LogP contribution in [0.5, 0.6) is 11.5 Å². The van der Waals surface area contributed by atoms with Gasteiger partial charge in [-0.3, -0.25) is 0 Å². The Hall–Kier alpha value is -2.16. The van der Waals surface area contributed by atoms with Gasteiger partial charge >= 0.3 is 0 Å². The lowest BCUT2D eigenvalue weighted by molar-refractivity contribution is 0.309. The molecule has 0 unspecified atom stereocenters. The van der Waals surface area contributed by atoms with Crippen molar-refractivity contribution < 1.29 is 9.47 Å². The average molecular weight is 313 g/mol. The third-order valence-corrected chi connectivity index (χ3v) is 3.80. The number of benzene rings is 2. The summed E-state index contributed by atoms with van der Waals surface area (Å²) in [7, 11) is 0. The summed E-state index contributed by atoms with van der Waals surface area (Å²) in [6, 6.07) is 14.3. The first-order valence-electron chi connectivity index (χ1n) is 8.36. The van der Waals surface area contributed by atoms with Crippen LogP contribution in [0.4, 0.5) is 5.69 Å². The van der Waals surface area contributed by atoms with Crippen molar-refractivity contribution in [3.8, 4) is 11.5 Å². The molecule has 0 fully saturated rings. The minimum Gasteiger partial charge on any atom is -0.494 e. The highest BCUT2D eigenvalue weighted by Gasteiger charge is 1.98. The molecule has 2 aromatic rings. The Bertz CT molecular complexity index is 593. The zero-order chi connectivity index (χ0) is 16.5. The maximum atomic E-state index is 5.77. The molecule has 0 aliphatic rings. The molecule has 0 bridgehead atoms. The van der Waals surface area contributed by atoms with E-state index in [9.17, 15) is 0 Å². The summed E-state index contributed by atoms with van der Waals surface area (Å²) >= 11 is 0. The smallest absolute Gasteiger partial charge is 0.119 e. The van der Waals surface area contributed by atoms with E-state index < -0.39 is 0 Å². The highest BCUT2D eigenvalue weighted by Crippen LogP contribution is 2.17. The number of rotatable bonds is 9. The number of aryl methyl sites for hydroxylation is 2. The summed E-state index contributed by atoms with van der Waals surface area (Å²) in [6.45, 7) is 8.56. The van der Waals surface area contributed by atoms with Crippen LogP contribution in [-0.4, -0.2) is 19.8 Å². The monoisotopic (exact) mass is 313 g/mol. The molecular formula is C20H27NO2. The molecule has 0 spiro atoms. The maximum absolute atomic E-state index is 5.77. The van der Waals surface area contributed by atoms with Gasteiger partial charge in [-0.05, 0) is 67.8 Å². The van der Waals surface area contributed by atoms with E-state index in [-0.39, 0.29) is 0 Å². The minimum absolute atomic E-state index is 0.636. The molecule has 2 rings (SSSR count). The first-order valence-corrected chi connectivity index (χ1v) is 8.36. The Morgan fingerprint density at radius 2 is 1.52 bits per heavy atom. The molecule has 2 aromatic carbocycles. The van der Waals surface area contributed by atoms with Gasteiger partial charge in [-0.25, -0.2) is 0 Å². The van der Waals surface area contributed by atoms with Crippen molar-refractivity contribution in [3.05, 3.63) is 53.6 Å². The Kier molecular flexibility index (Phi) is 6.79. The van der Waals surface area contributed by atoms with Crippen LogP contribution in [0.3, 0.4) is 0 Å². The van der Waals surface area contributed by atoms with Gasteiger partial charge in [0, 0.05) is 12.2 Å². The van der Waals surface area contributed by atoms with Gasteiger partial charge in [0.05, 0.1) is 6.61 Å². The van der Waals surface area contributed by atoms with Gasteiger partial charge in [-0.2, -0.15) is 0 Å². The summed E-state index contributed by atoms with van der Waals surface area (Å²) in [5.74, 6) is 1.85. The SMILES string of the molecule is CCCCOc1ccc(NCCOc2ccc(C)c(C)c2)cc1. The Morgan fingerprint density at radius 3 is 2.22 bits per heavy atom. The molecule has 0 aliphatic carbocycles. The van der Waals surface area contributed by atoms with Crippen LogP contribution < -0.4 is 14.8 Å². The molecule has 23 heavy (non-hydrogen) atoms. The van der Waals surface area contributed by atoms with Crippen LogP contribution in [-0.2, 0) is 0 Å². The Morgan fingerprint density at radius 1 is 0.826 bits per heavy atom. The topological polar surface area (TPSA) is 30.5 Å². The predicted octanol–water partition coefficient (Wildman–Crippen LogP) is 4.97. The molecule has 0 heterocycles. The van der Waals surface area contributed by atoms with Crippen molar-refractivity contribution >= 4 is 5.69 Å². The van der Waals surface area contributed by atoms with Gasteiger partial charge in [0.25, 0.3) is 0 Å².